The molecule has 10 heteroatoms. The average molecular weight is 416 g/mol. The monoisotopic (exact) mass is 416 g/mol. The van der Waals surface area contributed by atoms with Crippen LogP contribution in [-0.2, 0) is 37.1 Å². The Morgan fingerprint density at radius 2 is 1.93 bits per heavy atom. The van der Waals surface area contributed by atoms with Crippen LogP contribution in [0.4, 0.5) is 5.69 Å². The Morgan fingerprint density at radius 3 is 2.57 bits per heavy atom. The molecule has 158 valence electrons. The number of esters is 1. The van der Waals surface area contributed by atoms with E-state index in [1.54, 1.807) is 0 Å². The topological polar surface area (TPSA) is 125 Å². The molecule has 0 spiro atoms. The Kier molecular flexibility index (Phi) is 5.25. The number of carbonyl (C=O) groups is 3. The van der Waals surface area contributed by atoms with Gasteiger partial charge in [0.05, 0.1) is 23.4 Å². The van der Waals surface area contributed by atoms with Gasteiger partial charge in [0.2, 0.25) is 11.8 Å². The van der Waals surface area contributed by atoms with Crippen LogP contribution < -0.4 is 4.74 Å². The van der Waals surface area contributed by atoms with Gasteiger partial charge in [0.1, 0.15) is 18.4 Å². The molecule has 1 aromatic rings. The third-order valence-electron chi connectivity index (χ3n) is 5.62. The molecule has 1 fully saturated rings. The lowest BCUT2D eigenvalue weighted by Crippen LogP contribution is -2.44. The normalized spacial score (nSPS) is 23.4. The number of rotatable bonds is 5. The highest BCUT2D eigenvalue weighted by atomic mass is 16.7. The zero-order valence-corrected chi connectivity index (χ0v) is 16.2. The van der Waals surface area contributed by atoms with Crippen LogP contribution in [0.25, 0.3) is 0 Å². The van der Waals surface area contributed by atoms with Crippen molar-refractivity contribution < 1.29 is 33.5 Å². The van der Waals surface area contributed by atoms with E-state index in [9.17, 15) is 24.5 Å². The van der Waals surface area contributed by atoms with Crippen molar-refractivity contribution in [1.29, 1.82) is 0 Å². The fourth-order valence-corrected chi connectivity index (χ4v) is 4.08. The predicted octanol–water partition coefficient (Wildman–Crippen LogP) is 1.84. The molecule has 1 aromatic carbocycles. The highest BCUT2D eigenvalue weighted by molar-refractivity contribution is 6.08. The van der Waals surface area contributed by atoms with Crippen LogP contribution in [0.1, 0.15) is 30.9 Å². The molecule has 2 aliphatic heterocycles. The number of nitro groups is 1. The minimum atomic E-state index is -1.09. The van der Waals surface area contributed by atoms with Gasteiger partial charge in [0.15, 0.2) is 6.79 Å². The van der Waals surface area contributed by atoms with Crippen molar-refractivity contribution in [2.75, 3.05) is 6.79 Å². The zero-order chi connectivity index (χ0) is 21.4. The summed E-state index contributed by atoms with van der Waals surface area (Å²) in [5.41, 5.74) is 0.624. The highest BCUT2D eigenvalue weighted by Gasteiger charge is 2.50. The van der Waals surface area contributed by atoms with E-state index in [0.717, 1.165) is 4.90 Å². The minimum absolute atomic E-state index is 0.0181. The number of non-ortho nitro benzene ring substituents is 1. The number of benzene rings is 1. The van der Waals surface area contributed by atoms with E-state index in [2.05, 4.69) is 0 Å². The van der Waals surface area contributed by atoms with E-state index >= 15 is 0 Å². The van der Waals surface area contributed by atoms with Gasteiger partial charge < -0.3 is 14.2 Å². The number of hydrogen-bond acceptors (Lipinski definition) is 8. The Balaban J connectivity index is 1.49. The van der Waals surface area contributed by atoms with Crippen LogP contribution in [0.3, 0.4) is 0 Å². The molecule has 0 bridgehead atoms. The lowest BCUT2D eigenvalue weighted by atomic mass is 9.85. The third-order valence-corrected chi connectivity index (χ3v) is 5.62. The molecular weight excluding hydrogens is 396 g/mol. The number of carbonyl (C=O) groups excluding carboxylic acids is 3. The fourth-order valence-electron chi connectivity index (χ4n) is 4.08. The molecule has 3 atom stereocenters. The van der Waals surface area contributed by atoms with E-state index in [-0.39, 0.29) is 37.5 Å². The number of ether oxygens (including phenoxy) is 3. The number of nitro benzene ring substituents is 1. The Morgan fingerprint density at radius 1 is 1.27 bits per heavy atom. The summed E-state index contributed by atoms with van der Waals surface area (Å²) in [4.78, 5) is 49.5. The molecule has 3 aliphatic rings. The van der Waals surface area contributed by atoms with Gasteiger partial charge in [0, 0.05) is 23.3 Å². The second-order valence-corrected chi connectivity index (χ2v) is 7.45. The summed E-state index contributed by atoms with van der Waals surface area (Å²) in [6, 6.07) is 1.53. The van der Waals surface area contributed by atoms with Gasteiger partial charge in [-0.2, -0.15) is 0 Å². The second kappa shape index (κ2) is 7.86. The molecule has 0 unspecified atom stereocenters. The maximum absolute atomic E-state index is 12.6. The van der Waals surface area contributed by atoms with E-state index in [4.69, 9.17) is 14.2 Å². The first-order chi connectivity index (χ1) is 14.4. The van der Waals surface area contributed by atoms with E-state index in [1.807, 2.05) is 12.2 Å². The average Bonchev–Trinajstić information content (AvgIpc) is 3.01. The van der Waals surface area contributed by atoms with Gasteiger partial charge in [0.25, 0.3) is 5.69 Å². The van der Waals surface area contributed by atoms with Crippen molar-refractivity contribution in [1.82, 2.24) is 4.90 Å². The summed E-state index contributed by atoms with van der Waals surface area (Å²) in [5.74, 6) is -2.00. The predicted molar refractivity (Wildman–Crippen MR) is 99.8 cm³/mol. The van der Waals surface area contributed by atoms with Crippen molar-refractivity contribution in [2.45, 2.75) is 39.0 Å². The standard InChI is InChI=1S/C20H20N2O8/c1-11(21-18(23)15-4-2-3-5-16(15)19(21)24)20(25)29-9-13-7-14(22(26)27)6-12-8-28-10-30-17(12)13/h2-3,6-7,11,15-16H,4-5,8-10H2,1H3/t11-,15-,16+/m0/s1. The van der Waals surface area contributed by atoms with E-state index in [0.29, 0.717) is 29.7 Å². The molecule has 1 aliphatic carbocycles. The van der Waals surface area contributed by atoms with Crippen LogP contribution >= 0.6 is 0 Å². The maximum Gasteiger partial charge on any atom is 0.329 e. The number of likely N-dealkylation sites (tertiary alicyclic amines) is 1. The molecule has 1 saturated heterocycles. The molecule has 30 heavy (non-hydrogen) atoms. The van der Waals surface area contributed by atoms with Crippen LogP contribution in [0.5, 0.6) is 5.75 Å². The molecule has 0 radical (unpaired) electrons. The molecule has 0 aromatic heterocycles. The lowest BCUT2D eigenvalue weighted by Gasteiger charge is -2.23. The number of nitrogens with zero attached hydrogens (tertiary/aromatic N) is 2. The van der Waals surface area contributed by atoms with Crippen molar-refractivity contribution in [3.05, 3.63) is 45.5 Å². The SMILES string of the molecule is C[C@@H](C(=O)OCc1cc([N+](=O)[O-])cc2c1OCOC2)N1C(=O)[C@H]2CC=CC[C@H]2C1=O. The quantitative estimate of drug-likeness (QED) is 0.234. The van der Waals surface area contributed by atoms with Crippen molar-refractivity contribution in [2.24, 2.45) is 11.8 Å². The van der Waals surface area contributed by atoms with Gasteiger partial charge in [-0.3, -0.25) is 24.6 Å². The molecule has 4 rings (SSSR count). The second-order valence-electron chi connectivity index (χ2n) is 7.45. The van der Waals surface area contributed by atoms with Gasteiger partial charge in [-0.15, -0.1) is 0 Å². The maximum atomic E-state index is 12.6. The molecule has 2 amide bonds. The van der Waals surface area contributed by atoms with Crippen LogP contribution in [-0.4, -0.2) is 40.4 Å². The first-order valence-corrected chi connectivity index (χ1v) is 9.57. The van der Waals surface area contributed by atoms with E-state index in [1.165, 1.54) is 19.1 Å². The number of allylic oxidation sites excluding steroid dienone is 2. The van der Waals surface area contributed by atoms with Crippen LogP contribution in [0, 0.1) is 22.0 Å². The number of fused-ring (bicyclic) bond motifs is 2. The van der Waals surface area contributed by atoms with Crippen molar-refractivity contribution in [3.8, 4) is 5.75 Å². The smallest absolute Gasteiger partial charge is 0.329 e. The van der Waals surface area contributed by atoms with Gasteiger partial charge in [-0.05, 0) is 19.8 Å². The van der Waals surface area contributed by atoms with Crippen LogP contribution in [0.15, 0.2) is 24.3 Å². The molecular formula is C20H20N2O8. The fraction of sp³-hybridized carbons (Fsp3) is 0.450. The Bertz CT molecular complexity index is 930. The Labute approximate surface area is 171 Å². The van der Waals surface area contributed by atoms with Crippen LogP contribution in [0.2, 0.25) is 0 Å². The third kappa shape index (κ3) is 3.43. The largest absolute Gasteiger partial charge is 0.467 e. The highest BCUT2D eigenvalue weighted by Crippen LogP contribution is 2.37. The van der Waals surface area contributed by atoms with Gasteiger partial charge in [-0.1, -0.05) is 12.2 Å². The lowest BCUT2D eigenvalue weighted by molar-refractivity contribution is -0.385. The molecule has 0 N–H and O–H groups in total. The summed E-state index contributed by atoms with van der Waals surface area (Å²) < 4.78 is 15.9. The Hall–Kier alpha value is -3.27. The first kappa shape index (κ1) is 20.0. The van der Waals surface area contributed by atoms with Gasteiger partial charge in [-0.25, -0.2) is 4.79 Å². The summed E-state index contributed by atoms with van der Waals surface area (Å²) in [7, 11) is 0. The minimum Gasteiger partial charge on any atom is -0.467 e. The zero-order valence-electron chi connectivity index (χ0n) is 16.2. The summed E-state index contributed by atoms with van der Waals surface area (Å²) in [5, 5.41) is 11.2. The van der Waals surface area contributed by atoms with Gasteiger partial charge >= 0.3 is 5.97 Å². The van der Waals surface area contributed by atoms with Crippen molar-refractivity contribution >= 4 is 23.5 Å². The number of imide groups is 1. The summed E-state index contributed by atoms with van der Waals surface area (Å²) >= 11 is 0. The van der Waals surface area contributed by atoms with Crippen molar-refractivity contribution in [3.63, 3.8) is 0 Å². The number of amides is 2. The first-order valence-electron chi connectivity index (χ1n) is 9.57. The molecule has 2 heterocycles. The summed E-state index contributed by atoms with van der Waals surface area (Å²) in [6.07, 6.45) is 4.70. The number of hydrogen-bond donors (Lipinski definition) is 0. The molecule has 10 nitrogen and oxygen atoms in total. The summed E-state index contributed by atoms with van der Waals surface area (Å²) in [6.45, 7) is 1.27. The molecule has 0 saturated carbocycles. The van der Waals surface area contributed by atoms with E-state index < -0.39 is 28.8 Å².